The maximum Gasteiger partial charge on any atom is 0.218 e. The Balaban J connectivity index is 2.08. The third kappa shape index (κ3) is 3.96. The quantitative estimate of drug-likeness (QED) is 0.872. The topological polar surface area (TPSA) is 63.4 Å². The highest BCUT2D eigenvalue weighted by molar-refractivity contribution is 7.88. The van der Waals surface area contributed by atoms with Gasteiger partial charge < -0.3 is 5.73 Å². The van der Waals surface area contributed by atoms with E-state index >= 15 is 0 Å². The van der Waals surface area contributed by atoms with Crippen LogP contribution in [0.3, 0.4) is 0 Å². The van der Waals surface area contributed by atoms with Gasteiger partial charge in [0.25, 0.3) is 0 Å². The van der Waals surface area contributed by atoms with Crippen LogP contribution in [0.2, 0.25) is 0 Å². The lowest BCUT2D eigenvalue weighted by atomic mass is 9.85. The molecule has 1 aliphatic heterocycles. The number of nitrogens with zero attached hydrogens (tertiary/aromatic N) is 1. The maximum atomic E-state index is 12.5. The highest BCUT2D eigenvalue weighted by atomic mass is 32.2. The number of rotatable bonds is 3. The molecule has 0 saturated carbocycles. The van der Waals surface area contributed by atoms with Gasteiger partial charge in [0, 0.05) is 18.8 Å². The predicted octanol–water partition coefficient (Wildman–Crippen LogP) is 2.61. The third-order valence-corrected chi connectivity index (χ3v) is 5.87. The van der Waals surface area contributed by atoms with Crippen molar-refractivity contribution in [3.8, 4) is 0 Å². The zero-order valence-corrected chi connectivity index (χ0v) is 13.1. The maximum absolute atomic E-state index is 12.5. The van der Waals surface area contributed by atoms with Gasteiger partial charge in [-0.1, -0.05) is 26.0 Å². The first-order valence-electron chi connectivity index (χ1n) is 7.11. The Morgan fingerprint density at radius 2 is 1.80 bits per heavy atom. The van der Waals surface area contributed by atoms with Crippen molar-refractivity contribution in [3.63, 3.8) is 0 Å². The fourth-order valence-electron chi connectivity index (χ4n) is 2.59. The van der Waals surface area contributed by atoms with E-state index in [0.717, 1.165) is 24.8 Å². The lowest BCUT2D eigenvalue weighted by molar-refractivity contribution is 0.314. The first kappa shape index (κ1) is 15.3. The molecule has 1 aliphatic rings. The van der Waals surface area contributed by atoms with Gasteiger partial charge in [-0.3, -0.25) is 0 Å². The highest BCUT2D eigenvalue weighted by Gasteiger charge is 2.29. The average Bonchev–Trinajstić information content (AvgIpc) is 2.53. The fraction of sp³-hybridized carbons (Fsp3) is 0.600. The number of hydrogen-bond acceptors (Lipinski definition) is 3. The molecule has 1 heterocycles. The summed E-state index contributed by atoms with van der Waals surface area (Å²) in [6, 6.07) is 7.07. The number of nitrogen functional groups attached to an aromatic ring is 1. The third-order valence-electron chi connectivity index (χ3n) is 4.02. The molecule has 4 nitrogen and oxygen atoms in total. The predicted molar refractivity (Wildman–Crippen MR) is 82.7 cm³/mol. The largest absolute Gasteiger partial charge is 0.399 e. The van der Waals surface area contributed by atoms with Crippen LogP contribution in [0.5, 0.6) is 0 Å². The summed E-state index contributed by atoms with van der Waals surface area (Å²) in [5.74, 6) is 0.0632. The molecule has 0 spiro atoms. The van der Waals surface area contributed by atoms with Gasteiger partial charge in [-0.25, -0.2) is 12.7 Å². The fourth-order valence-corrected chi connectivity index (χ4v) is 4.17. The normalized spacial score (nSPS) is 20.5. The molecule has 0 unspecified atom stereocenters. The molecule has 0 amide bonds. The minimum Gasteiger partial charge on any atom is -0.399 e. The summed E-state index contributed by atoms with van der Waals surface area (Å²) in [6.07, 6.45) is 2.95. The second-order valence-electron chi connectivity index (χ2n) is 6.41. The van der Waals surface area contributed by atoms with Crippen molar-refractivity contribution in [2.24, 2.45) is 5.41 Å². The van der Waals surface area contributed by atoms with Crippen molar-refractivity contribution in [2.45, 2.75) is 38.9 Å². The van der Waals surface area contributed by atoms with E-state index in [-0.39, 0.29) is 11.2 Å². The van der Waals surface area contributed by atoms with E-state index in [1.54, 1.807) is 28.6 Å². The van der Waals surface area contributed by atoms with E-state index in [2.05, 4.69) is 13.8 Å². The SMILES string of the molecule is CC1(C)CCCN(S(=O)(=O)Cc2ccc(N)cc2)CC1. The zero-order chi connectivity index (χ0) is 14.8. The molecule has 0 bridgehead atoms. The van der Waals surface area contributed by atoms with E-state index in [9.17, 15) is 8.42 Å². The van der Waals surface area contributed by atoms with Gasteiger partial charge in [0.1, 0.15) is 0 Å². The summed E-state index contributed by atoms with van der Waals surface area (Å²) in [5, 5.41) is 0. The van der Waals surface area contributed by atoms with Gasteiger partial charge in [-0.2, -0.15) is 0 Å². The zero-order valence-electron chi connectivity index (χ0n) is 12.3. The number of benzene rings is 1. The molecular weight excluding hydrogens is 272 g/mol. The van der Waals surface area contributed by atoms with Crippen LogP contribution >= 0.6 is 0 Å². The molecular formula is C15H24N2O2S. The molecule has 0 atom stereocenters. The van der Waals surface area contributed by atoms with Gasteiger partial charge in [0.2, 0.25) is 10.0 Å². The summed E-state index contributed by atoms with van der Waals surface area (Å²) >= 11 is 0. The van der Waals surface area contributed by atoms with Crippen LogP contribution < -0.4 is 5.73 Å². The van der Waals surface area contributed by atoms with Crippen LogP contribution in [0.25, 0.3) is 0 Å². The molecule has 5 heteroatoms. The lowest BCUT2D eigenvalue weighted by Crippen LogP contribution is -2.33. The van der Waals surface area contributed by atoms with Crippen LogP contribution in [0.1, 0.15) is 38.7 Å². The van der Waals surface area contributed by atoms with E-state index in [0.29, 0.717) is 18.8 Å². The molecule has 1 aromatic carbocycles. The molecule has 2 N–H and O–H groups in total. The van der Waals surface area contributed by atoms with Gasteiger partial charge in [-0.05, 0) is 42.4 Å². The van der Waals surface area contributed by atoms with Crippen LogP contribution in [-0.4, -0.2) is 25.8 Å². The van der Waals surface area contributed by atoms with Gasteiger partial charge in [0.15, 0.2) is 0 Å². The second kappa shape index (κ2) is 5.74. The van der Waals surface area contributed by atoms with Crippen LogP contribution in [0, 0.1) is 5.41 Å². The molecule has 1 aromatic rings. The van der Waals surface area contributed by atoms with Crippen molar-refractivity contribution in [1.82, 2.24) is 4.31 Å². The Kier molecular flexibility index (Phi) is 4.39. The molecule has 112 valence electrons. The summed E-state index contributed by atoms with van der Waals surface area (Å²) in [4.78, 5) is 0. The second-order valence-corrected chi connectivity index (χ2v) is 8.38. The van der Waals surface area contributed by atoms with Crippen molar-refractivity contribution in [2.75, 3.05) is 18.8 Å². The summed E-state index contributed by atoms with van der Waals surface area (Å²) in [6.45, 7) is 5.69. The van der Waals surface area contributed by atoms with Crippen molar-refractivity contribution in [3.05, 3.63) is 29.8 Å². The molecule has 1 saturated heterocycles. The van der Waals surface area contributed by atoms with Crippen LogP contribution in [-0.2, 0) is 15.8 Å². The summed E-state index contributed by atoms with van der Waals surface area (Å²) in [5.41, 5.74) is 7.31. The number of sulfonamides is 1. The Morgan fingerprint density at radius 1 is 1.15 bits per heavy atom. The van der Waals surface area contributed by atoms with Crippen LogP contribution in [0.4, 0.5) is 5.69 Å². The van der Waals surface area contributed by atoms with Gasteiger partial charge >= 0.3 is 0 Å². The van der Waals surface area contributed by atoms with Crippen molar-refractivity contribution in [1.29, 1.82) is 0 Å². The first-order valence-corrected chi connectivity index (χ1v) is 8.72. The Labute approximate surface area is 122 Å². The average molecular weight is 296 g/mol. The molecule has 1 fully saturated rings. The molecule has 20 heavy (non-hydrogen) atoms. The van der Waals surface area contributed by atoms with E-state index in [1.807, 2.05) is 0 Å². The standard InChI is InChI=1S/C15H24N2O2S/c1-15(2)8-3-10-17(11-9-15)20(18,19)12-13-4-6-14(16)7-5-13/h4-7H,3,8-12,16H2,1-2H3. The van der Waals surface area contributed by atoms with Gasteiger partial charge in [-0.15, -0.1) is 0 Å². The Bertz CT molecular complexity index is 550. The molecule has 2 rings (SSSR count). The van der Waals surface area contributed by atoms with E-state index in [1.165, 1.54) is 0 Å². The van der Waals surface area contributed by atoms with Crippen LogP contribution in [0.15, 0.2) is 24.3 Å². The minimum absolute atomic E-state index is 0.0632. The monoisotopic (exact) mass is 296 g/mol. The first-order chi connectivity index (χ1) is 9.28. The van der Waals surface area contributed by atoms with Crippen molar-refractivity contribution >= 4 is 15.7 Å². The highest BCUT2D eigenvalue weighted by Crippen LogP contribution is 2.31. The lowest BCUT2D eigenvalue weighted by Gasteiger charge is -2.23. The Hall–Kier alpha value is -1.07. The molecule has 0 radical (unpaired) electrons. The minimum atomic E-state index is -3.23. The molecule has 0 aliphatic carbocycles. The smallest absolute Gasteiger partial charge is 0.218 e. The van der Waals surface area contributed by atoms with Gasteiger partial charge in [0.05, 0.1) is 5.75 Å². The van der Waals surface area contributed by atoms with E-state index < -0.39 is 10.0 Å². The number of anilines is 1. The summed E-state index contributed by atoms with van der Waals surface area (Å²) < 4.78 is 26.6. The summed E-state index contributed by atoms with van der Waals surface area (Å²) in [7, 11) is -3.23. The van der Waals surface area contributed by atoms with Crippen molar-refractivity contribution < 1.29 is 8.42 Å². The molecule has 0 aromatic heterocycles. The number of hydrogen-bond donors (Lipinski definition) is 1. The van der Waals surface area contributed by atoms with E-state index in [4.69, 9.17) is 5.73 Å². The number of nitrogens with two attached hydrogens (primary N) is 1. The Morgan fingerprint density at radius 3 is 2.45 bits per heavy atom.